The van der Waals surface area contributed by atoms with Gasteiger partial charge in [0.25, 0.3) is 0 Å². The van der Waals surface area contributed by atoms with Crippen molar-refractivity contribution in [2.24, 2.45) is 11.8 Å². The molecule has 0 radical (unpaired) electrons. The predicted octanol–water partition coefficient (Wildman–Crippen LogP) is 6.36. The van der Waals surface area contributed by atoms with Gasteiger partial charge in [-0.1, -0.05) is 24.3 Å². The number of hydrogen-bond acceptors (Lipinski definition) is 3. The van der Waals surface area contributed by atoms with E-state index in [1.54, 1.807) is 18.5 Å². The molecule has 0 bridgehead atoms. The molecule has 3 atom stereocenters. The Kier molecular flexibility index (Phi) is 4.96. The Morgan fingerprint density at radius 1 is 1.20 bits per heavy atom. The number of fused-ring (bicyclic) bond motifs is 4. The highest BCUT2D eigenvalue weighted by molar-refractivity contribution is 9.10. The number of para-hydroxylation sites is 1. The van der Waals surface area contributed by atoms with Crippen molar-refractivity contribution in [2.45, 2.75) is 25.1 Å². The highest BCUT2D eigenvalue weighted by Crippen LogP contribution is 2.61. The molecule has 35 heavy (non-hydrogen) atoms. The van der Waals surface area contributed by atoms with Crippen molar-refractivity contribution in [3.63, 3.8) is 0 Å². The number of nitrogens with zero attached hydrogens (tertiary/aromatic N) is 2. The van der Waals surface area contributed by atoms with Crippen LogP contribution in [0.5, 0.6) is 5.88 Å². The molecule has 2 aliphatic rings. The van der Waals surface area contributed by atoms with Crippen LogP contribution >= 0.6 is 15.9 Å². The number of halogens is 4. The van der Waals surface area contributed by atoms with E-state index in [1.807, 2.05) is 24.3 Å². The Morgan fingerprint density at radius 2 is 2.00 bits per heavy atom. The van der Waals surface area contributed by atoms with Crippen molar-refractivity contribution in [3.8, 4) is 11.6 Å². The van der Waals surface area contributed by atoms with Gasteiger partial charge < -0.3 is 14.4 Å². The van der Waals surface area contributed by atoms with E-state index in [0.29, 0.717) is 22.3 Å². The van der Waals surface area contributed by atoms with E-state index in [2.05, 4.69) is 20.9 Å². The first-order chi connectivity index (χ1) is 16.7. The monoisotopic (exact) mass is 542 g/mol. The number of carbonyl (C=O) groups is 1. The van der Waals surface area contributed by atoms with Crippen molar-refractivity contribution in [3.05, 3.63) is 87.7 Å². The number of carboxylic acids is 1. The summed E-state index contributed by atoms with van der Waals surface area (Å²) in [4.78, 5) is 15.6. The molecule has 2 aromatic carbocycles. The molecule has 0 aliphatic heterocycles. The maximum Gasteiger partial charge on any atom is 0.418 e. The van der Waals surface area contributed by atoms with E-state index in [0.717, 1.165) is 28.1 Å². The van der Waals surface area contributed by atoms with Gasteiger partial charge in [-0.15, -0.1) is 0 Å². The zero-order valence-corrected chi connectivity index (χ0v) is 19.7. The average molecular weight is 543 g/mol. The van der Waals surface area contributed by atoms with Gasteiger partial charge in [-0.2, -0.15) is 13.2 Å². The molecule has 2 aromatic heterocycles. The van der Waals surface area contributed by atoms with Gasteiger partial charge >= 0.3 is 12.1 Å². The highest BCUT2D eigenvalue weighted by Gasteiger charge is 2.59. The Hall–Kier alpha value is -3.33. The lowest BCUT2D eigenvalue weighted by Crippen LogP contribution is -2.10. The zero-order chi connectivity index (χ0) is 24.5. The maximum absolute atomic E-state index is 13.6. The van der Waals surface area contributed by atoms with Crippen LogP contribution in [0.1, 0.15) is 28.2 Å². The lowest BCUT2D eigenvalue weighted by molar-refractivity contribution is -0.139. The quantitative estimate of drug-likeness (QED) is 0.319. The van der Waals surface area contributed by atoms with Gasteiger partial charge in [-0.25, -0.2) is 4.98 Å². The second kappa shape index (κ2) is 7.84. The van der Waals surface area contributed by atoms with Crippen molar-refractivity contribution >= 4 is 32.8 Å². The highest BCUT2D eigenvalue weighted by atomic mass is 79.9. The van der Waals surface area contributed by atoms with Gasteiger partial charge in [0.05, 0.1) is 22.7 Å². The summed E-state index contributed by atoms with van der Waals surface area (Å²) < 4.78 is 49.0. The summed E-state index contributed by atoms with van der Waals surface area (Å²) in [6.45, 7) is 0.191. The van der Waals surface area contributed by atoms with Crippen molar-refractivity contribution < 1.29 is 27.8 Å². The Morgan fingerprint density at radius 3 is 2.77 bits per heavy atom. The van der Waals surface area contributed by atoms with Gasteiger partial charge in [0.15, 0.2) is 0 Å². The summed E-state index contributed by atoms with van der Waals surface area (Å²) >= 11 is 3.46. The third-order valence-electron chi connectivity index (χ3n) is 6.94. The lowest BCUT2D eigenvalue weighted by Gasteiger charge is -2.15. The minimum atomic E-state index is -4.48. The molecule has 1 saturated carbocycles. The third kappa shape index (κ3) is 3.69. The second-order valence-corrected chi connectivity index (χ2v) is 9.84. The van der Waals surface area contributed by atoms with E-state index in [9.17, 15) is 23.1 Å². The minimum Gasteiger partial charge on any atom is -0.481 e. The first-order valence-corrected chi connectivity index (χ1v) is 11.8. The molecule has 1 fully saturated rings. The number of aromatic nitrogens is 2. The van der Waals surface area contributed by atoms with E-state index in [-0.39, 0.29) is 30.0 Å². The van der Waals surface area contributed by atoms with E-state index in [1.165, 1.54) is 16.7 Å². The van der Waals surface area contributed by atoms with E-state index in [4.69, 9.17) is 4.74 Å². The SMILES string of the molecule is O=C(O)[C@H]1[C@@H]2Cc3cc(OCc4ccc5c(Br)cn(-c6ccccc6C(F)(F)F)c5c4)ncc3[C@@H]21. The largest absolute Gasteiger partial charge is 0.481 e. The van der Waals surface area contributed by atoms with E-state index < -0.39 is 17.7 Å². The van der Waals surface area contributed by atoms with E-state index >= 15 is 0 Å². The number of rotatable bonds is 5. The van der Waals surface area contributed by atoms with Gasteiger partial charge in [0.2, 0.25) is 5.88 Å². The fraction of sp³-hybridized carbons (Fsp3) is 0.231. The summed E-state index contributed by atoms with van der Waals surface area (Å²) in [5.41, 5.74) is 2.80. The molecule has 178 valence electrons. The summed E-state index contributed by atoms with van der Waals surface area (Å²) in [5, 5.41) is 10.1. The molecule has 9 heteroatoms. The van der Waals surface area contributed by atoms with Gasteiger partial charge in [-0.3, -0.25) is 4.79 Å². The second-order valence-electron chi connectivity index (χ2n) is 8.98. The molecule has 1 N–H and O–H groups in total. The number of pyridine rings is 1. The number of carboxylic acid groups (broad SMARTS) is 1. The first kappa shape index (κ1) is 22.2. The topological polar surface area (TPSA) is 64.3 Å². The lowest BCUT2D eigenvalue weighted by atomic mass is 10.0. The van der Waals surface area contributed by atoms with Crippen LogP contribution in [-0.2, 0) is 24.0 Å². The third-order valence-corrected chi connectivity index (χ3v) is 7.58. The smallest absolute Gasteiger partial charge is 0.418 e. The van der Waals surface area contributed by atoms with Crippen molar-refractivity contribution in [2.75, 3.05) is 0 Å². The first-order valence-electron chi connectivity index (χ1n) is 11.0. The minimum absolute atomic E-state index is 0.0484. The molecule has 2 aliphatic carbocycles. The molecular formula is C26H18BrF3N2O3. The number of aliphatic carboxylic acids is 1. The zero-order valence-electron chi connectivity index (χ0n) is 18.1. The fourth-order valence-electron chi connectivity index (χ4n) is 5.28. The molecule has 2 heterocycles. The maximum atomic E-state index is 13.6. The average Bonchev–Trinajstić information content (AvgIpc) is 3.27. The van der Waals surface area contributed by atoms with Crippen LogP contribution < -0.4 is 4.74 Å². The summed E-state index contributed by atoms with van der Waals surface area (Å²) in [6.07, 6.45) is -0.428. The predicted molar refractivity (Wildman–Crippen MR) is 126 cm³/mol. The van der Waals surface area contributed by atoms with Crippen LogP contribution in [0, 0.1) is 11.8 Å². The molecular weight excluding hydrogens is 525 g/mol. The summed E-state index contributed by atoms with van der Waals surface area (Å²) in [6, 6.07) is 12.9. The van der Waals surface area contributed by atoms with Crippen molar-refractivity contribution in [1.29, 1.82) is 0 Å². The molecule has 6 rings (SSSR count). The van der Waals surface area contributed by atoms with Crippen LogP contribution in [0.3, 0.4) is 0 Å². The van der Waals surface area contributed by atoms with Gasteiger partial charge in [-0.05, 0) is 63.2 Å². The summed E-state index contributed by atoms with van der Waals surface area (Å²) in [5.74, 6) is -0.419. The van der Waals surface area contributed by atoms with Gasteiger partial charge in [0.1, 0.15) is 6.61 Å². The Labute approximate surface area is 206 Å². The van der Waals surface area contributed by atoms with Crippen LogP contribution in [0.25, 0.3) is 16.6 Å². The van der Waals surface area contributed by atoms with Crippen LogP contribution in [-0.4, -0.2) is 20.6 Å². The molecule has 0 spiro atoms. The van der Waals surface area contributed by atoms with Crippen LogP contribution in [0.15, 0.2) is 65.4 Å². The molecule has 0 amide bonds. The Bertz CT molecular complexity index is 1500. The van der Waals surface area contributed by atoms with Gasteiger partial charge in [0, 0.05) is 34.2 Å². The molecule has 5 nitrogen and oxygen atoms in total. The van der Waals surface area contributed by atoms with Crippen molar-refractivity contribution in [1.82, 2.24) is 9.55 Å². The van der Waals surface area contributed by atoms with Crippen LogP contribution in [0.4, 0.5) is 13.2 Å². The Balaban J connectivity index is 1.27. The number of ether oxygens (including phenoxy) is 1. The fourth-order valence-corrected chi connectivity index (χ4v) is 5.82. The number of benzene rings is 2. The normalized spacial score (nSPS) is 20.5. The summed E-state index contributed by atoms with van der Waals surface area (Å²) in [7, 11) is 0. The molecule has 0 unspecified atom stereocenters. The molecule has 0 saturated heterocycles. The molecule has 4 aromatic rings. The number of alkyl halides is 3. The number of hydrogen-bond donors (Lipinski definition) is 1. The van der Waals surface area contributed by atoms with Crippen LogP contribution in [0.2, 0.25) is 0 Å². The standard InChI is InChI=1S/C26H18BrF3N2O3/c27-19-11-32(20-4-2-1-3-18(20)26(28,29)30)21-7-13(5-6-15(19)21)12-35-22-9-14-8-16-23(17(14)10-31-22)24(16)25(33)34/h1-7,9-11,16,23-24H,8,12H2,(H,33,34)/t16-,23-,24+/m1/s1.